The van der Waals surface area contributed by atoms with Crippen LogP contribution in [0.5, 0.6) is 0 Å². The van der Waals surface area contributed by atoms with E-state index in [0.29, 0.717) is 0 Å². The van der Waals surface area contributed by atoms with Crippen molar-refractivity contribution in [2.24, 2.45) is 23.7 Å². The summed E-state index contributed by atoms with van der Waals surface area (Å²) in [4.78, 5) is 0. The fraction of sp³-hybridized carbons (Fsp3) is 0.600. The number of rotatable bonds is 4. The van der Waals surface area contributed by atoms with Crippen molar-refractivity contribution < 1.29 is 67.9 Å². The molecule has 0 fully saturated rings. The summed E-state index contributed by atoms with van der Waals surface area (Å²) < 4.78 is 0. The third-order valence-corrected chi connectivity index (χ3v) is 9.34. The molecule has 4 aliphatic carbocycles. The van der Waals surface area contributed by atoms with Gasteiger partial charge in [0.15, 0.2) is 0 Å². The van der Waals surface area contributed by atoms with Crippen molar-refractivity contribution in [1.29, 1.82) is 0 Å². The molecule has 0 saturated carbocycles. The van der Waals surface area contributed by atoms with E-state index in [-0.39, 0.29) is 67.9 Å². The SMILES string of the molecule is C=C(C)C1CC=C(C)CC1.C=C(C)C1CC=C(C)CC1.C=C(C)C1CC=C(C)CC1.C=C(C)C1CC=C(C)CC1.[Br-].[Br-].[Br-].[Br-]. The lowest BCUT2D eigenvalue weighted by Gasteiger charge is -2.19. The Balaban J connectivity index is -0.000000235. The predicted octanol–water partition coefficient (Wildman–Crippen LogP) is 1.25. The molecular weight excluding hydrogens is 800 g/mol. The van der Waals surface area contributed by atoms with Gasteiger partial charge in [0.1, 0.15) is 0 Å². The Bertz CT molecular complexity index is 831. The summed E-state index contributed by atoms with van der Waals surface area (Å²) in [5, 5.41) is 0. The van der Waals surface area contributed by atoms with Gasteiger partial charge in [0.2, 0.25) is 0 Å². The molecule has 0 aliphatic heterocycles. The van der Waals surface area contributed by atoms with Crippen molar-refractivity contribution >= 4 is 0 Å². The lowest BCUT2D eigenvalue weighted by Crippen LogP contribution is -3.00. The quantitative estimate of drug-likeness (QED) is 0.374. The Morgan fingerprint density at radius 3 is 0.659 bits per heavy atom. The van der Waals surface area contributed by atoms with E-state index in [9.17, 15) is 0 Å². The first-order valence-electron chi connectivity index (χ1n) is 16.0. The van der Waals surface area contributed by atoms with Gasteiger partial charge in [0, 0.05) is 0 Å². The maximum absolute atomic E-state index is 3.97. The molecule has 0 aromatic carbocycles. The van der Waals surface area contributed by atoms with Crippen LogP contribution in [-0.2, 0) is 0 Å². The van der Waals surface area contributed by atoms with Crippen LogP contribution in [0.3, 0.4) is 0 Å². The van der Waals surface area contributed by atoms with Crippen molar-refractivity contribution in [2.45, 2.75) is 132 Å². The Morgan fingerprint density at radius 1 is 0.409 bits per heavy atom. The van der Waals surface area contributed by atoms with Gasteiger partial charge < -0.3 is 67.9 Å². The fourth-order valence-electron chi connectivity index (χ4n) is 5.65. The Hall–Kier alpha value is -0.160. The summed E-state index contributed by atoms with van der Waals surface area (Å²) in [6.07, 6.45) is 24.7. The highest BCUT2D eigenvalue weighted by Crippen LogP contribution is 2.29. The summed E-state index contributed by atoms with van der Waals surface area (Å²) in [6.45, 7) is 33.3. The molecule has 0 nitrogen and oxygen atoms in total. The summed E-state index contributed by atoms with van der Waals surface area (Å²) >= 11 is 0. The van der Waals surface area contributed by atoms with E-state index in [0.717, 1.165) is 23.7 Å². The maximum atomic E-state index is 3.97. The van der Waals surface area contributed by atoms with Crippen LogP contribution >= 0.6 is 0 Å². The van der Waals surface area contributed by atoms with E-state index in [1.165, 1.54) is 99.3 Å². The van der Waals surface area contributed by atoms with Crippen LogP contribution in [0.1, 0.15) is 132 Å². The van der Waals surface area contributed by atoms with Gasteiger partial charge in [0.05, 0.1) is 0 Å². The summed E-state index contributed by atoms with van der Waals surface area (Å²) in [5.41, 5.74) is 11.6. The molecule has 0 aromatic rings. The van der Waals surface area contributed by atoms with Crippen LogP contribution in [0, 0.1) is 23.7 Å². The van der Waals surface area contributed by atoms with E-state index in [2.05, 4.69) is 106 Å². The molecule has 0 heterocycles. The molecule has 4 atom stereocenters. The zero-order valence-corrected chi connectivity index (χ0v) is 35.8. The second kappa shape index (κ2) is 27.9. The average Bonchev–Trinajstić information content (AvgIpc) is 2.91. The third-order valence-electron chi connectivity index (χ3n) is 9.34. The van der Waals surface area contributed by atoms with Gasteiger partial charge >= 0.3 is 0 Å². The van der Waals surface area contributed by atoms with Crippen molar-refractivity contribution in [3.63, 3.8) is 0 Å². The van der Waals surface area contributed by atoms with Gasteiger partial charge in [-0.15, -0.1) is 0 Å². The van der Waals surface area contributed by atoms with Crippen LogP contribution in [0.25, 0.3) is 0 Å². The molecule has 44 heavy (non-hydrogen) atoms. The lowest BCUT2D eigenvalue weighted by molar-refractivity contribution is -0.00100. The van der Waals surface area contributed by atoms with E-state index < -0.39 is 0 Å². The summed E-state index contributed by atoms with van der Waals surface area (Å²) in [6, 6.07) is 0. The van der Waals surface area contributed by atoms with Crippen LogP contribution in [0.2, 0.25) is 0 Å². The number of allylic oxidation sites excluding steroid dienone is 12. The Kier molecular flexibility index (Phi) is 32.1. The van der Waals surface area contributed by atoms with E-state index >= 15 is 0 Å². The highest BCUT2D eigenvalue weighted by atomic mass is 79.9. The second-order valence-electron chi connectivity index (χ2n) is 13.5. The Labute approximate surface area is 317 Å². The fourth-order valence-corrected chi connectivity index (χ4v) is 5.65. The average molecular weight is 865 g/mol. The first kappa shape index (κ1) is 50.7. The molecule has 0 N–H and O–H groups in total. The number of hydrogen-bond donors (Lipinski definition) is 0. The van der Waals surface area contributed by atoms with Gasteiger partial charge in [-0.05, 0) is 156 Å². The van der Waals surface area contributed by atoms with Crippen LogP contribution < -0.4 is 67.9 Å². The standard InChI is InChI=1S/4C10H16.4BrH/c4*1-8(2)10-6-4-9(3)5-7-10;;;;/h4*4,10H,1,5-7H2,2-3H3;4*1H/p-4. The smallest absolute Gasteiger partial charge is 0.0171 e. The molecule has 0 saturated heterocycles. The molecule has 4 rings (SSSR count). The molecular formula is C40H64Br4-4. The predicted molar refractivity (Wildman–Crippen MR) is 184 cm³/mol. The monoisotopic (exact) mass is 860 g/mol. The van der Waals surface area contributed by atoms with Crippen LogP contribution in [0.15, 0.2) is 95.2 Å². The molecule has 256 valence electrons. The molecule has 0 bridgehead atoms. The summed E-state index contributed by atoms with van der Waals surface area (Å²) in [5.74, 6) is 3.07. The van der Waals surface area contributed by atoms with Gasteiger partial charge in [-0.3, -0.25) is 0 Å². The first-order chi connectivity index (χ1) is 18.8. The lowest BCUT2D eigenvalue weighted by atomic mass is 9.86. The number of hydrogen-bond acceptors (Lipinski definition) is 0. The van der Waals surface area contributed by atoms with Gasteiger partial charge in [0.25, 0.3) is 0 Å². The van der Waals surface area contributed by atoms with Gasteiger partial charge in [-0.2, -0.15) is 0 Å². The first-order valence-corrected chi connectivity index (χ1v) is 16.0. The van der Waals surface area contributed by atoms with Crippen molar-refractivity contribution in [2.75, 3.05) is 0 Å². The minimum Gasteiger partial charge on any atom is -1.00 e. The second-order valence-corrected chi connectivity index (χ2v) is 13.5. The van der Waals surface area contributed by atoms with Gasteiger partial charge in [-0.1, -0.05) is 95.2 Å². The largest absolute Gasteiger partial charge is 1.00 e. The summed E-state index contributed by atoms with van der Waals surface area (Å²) in [7, 11) is 0. The maximum Gasteiger partial charge on any atom is -0.0171 e. The zero-order valence-electron chi connectivity index (χ0n) is 29.4. The van der Waals surface area contributed by atoms with Crippen molar-refractivity contribution in [3.8, 4) is 0 Å². The zero-order chi connectivity index (χ0) is 30.2. The van der Waals surface area contributed by atoms with E-state index in [1.54, 1.807) is 22.3 Å². The molecule has 0 spiro atoms. The van der Waals surface area contributed by atoms with Crippen LogP contribution in [0.4, 0.5) is 0 Å². The third kappa shape index (κ3) is 22.4. The molecule has 0 amide bonds. The topological polar surface area (TPSA) is 0 Å². The molecule has 4 aliphatic rings. The van der Waals surface area contributed by atoms with Crippen LogP contribution in [-0.4, -0.2) is 0 Å². The minimum atomic E-state index is 0. The molecule has 0 aromatic heterocycles. The highest BCUT2D eigenvalue weighted by Gasteiger charge is 2.14. The van der Waals surface area contributed by atoms with E-state index in [1.807, 2.05) is 0 Å². The van der Waals surface area contributed by atoms with Crippen molar-refractivity contribution in [3.05, 3.63) is 95.2 Å². The normalized spacial score (nSPS) is 23.5. The van der Waals surface area contributed by atoms with E-state index in [4.69, 9.17) is 0 Å². The molecule has 4 unspecified atom stereocenters. The molecule has 0 radical (unpaired) electrons. The highest BCUT2D eigenvalue weighted by molar-refractivity contribution is 5.12. The minimum absolute atomic E-state index is 0. The number of halogens is 4. The van der Waals surface area contributed by atoms with Gasteiger partial charge in [-0.25, -0.2) is 0 Å². The molecule has 4 heteroatoms. The van der Waals surface area contributed by atoms with Crippen molar-refractivity contribution in [1.82, 2.24) is 0 Å². The Morgan fingerprint density at radius 2 is 0.568 bits per heavy atom.